The largest absolute Gasteiger partial charge is 0.299 e. The maximum atomic E-state index is 11.3. The summed E-state index contributed by atoms with van der Waals surface area (Å²) < 4.78 is 22.5. The quantitative estimate of drug-likeness (QED) is 0.726. The van der Waals surface area contributed by atoms with Gasteiger partial charge < -0.3 is 0 Å². The number of sulfone groups is 1. The number of carbonyl (C=O) groups is 1. The Morgan fingerprint density at radius 2 is 2.07 bits per heavy atom. The van der Waals surface area contributed by atoms with E-state index in [2.05, 4.69) is 0 Å². The molecule has 0 bridgehead atoms. The molecule has 1 rings (SSSR count). The van der Waals surface area contributed by atoms with Gasteiger partial charge >= 0.3 is 0 Å². The van der Waals surface area contributed by atoms with Crippen LogP contribution in [0.1, 0.15) is 39.5 Å². The lowest BCUT2D eigenvalue weighted by atomic mass is 9.93. The molecule has 0 N–H and O–H groups in total. The van der Waals surface area contributed by atoms with Gasteiger partial charge in [-0.15, -0.1) is 0 Å². The fourth-order valence-corrected chi connectivity index (χ4v) is 3.07. The Bertz CT molecular complexity index is 319. The number of hydrogen-bond acceptors (Lipinski definition) is 3. The monoisotopic (exact) mass is 232 g/mol. The molecule has 0 aliphatic heterocycles. The molecule has 0 heterocycles. The van der Waals surface area contributed by atoms with Crippen molar-refractivity contribution in [2.45, 2.75) is 39.5 Å². The first kappa shape index (κ1) is 12.7. The fraction of sp³-hybridized carbons (Fsp3) is 0.909. The van der Waals surface area contributed by atoms with Crippen LogP contribution in [0.3, 0.4) is 0 Å². The average Bonchev–Trinajstić information content (AvgIpc) is 2.49. The van der Waals surface area contributed by atoms with Gasteiger partial charge in [-0.2, -0.15) is 0 Å². The first-order valence-electron chi connectivity index (χ1n) is 5.69. The minimum atomic E-state index is -2.83. The van der Waals surface area contributed by atoms with Crippen LogP contribution in [0, 0.1) is 11.8 Å². The van der Waals surface area contributed by atoms with E-state index in [4.69, 9.17) is 0 Å². The van der Waals surface area contributed by atoms with Crippen LogP contribution in [0.4, 0.5) is 0 Å². The number of ketones is 1. The van der Waals surface area contributed by atoms with Crippen LogP contribution in [-0.4, -0.2) is 25.7 Å². The first-order valence-corrected chi connectivity index (χ1v) is 7.51. The van der Waals surface area contributed by atoms with E-state index in [0.717, 1.165) is 12.8 Å². The molecule has 0 saturated heterocycles. The van der Waals surface area contributed by atoms with E-state index in [9.17, 15) is 13.2 Å². The van der Waals surface area contributed by atoms with E-state index in [1.165, 1.54) is 0 Å². The Kier molecular flexibility index (Phi) is 4.32. The van der Waals surface area contributed by atoms with Crippen LogP contribution in [0.25, 0.3) is 0 Å². The highest BCUT2D eigenvalue weighted by atomic mass is 32.2. The molecule has 0 aromatic carbocycles. The Morgan fingerprint density at radius 3 is 2.53 bits per heavy atom. The molecule has 88 valence electrons. The predicted octanol–water partition coefficient (Wildman–Crippen LogP) is 1.82. The van der Waals surface area contributed by atoms with Gasteiger partial charge in [-0.05, 0) is 25.2 Å². The van der Waals surface area contributed by atoms with E-state index < -0.39 is 9.84 Å². The van der Waals surface area contributed by atoms with Gasteiger partial charge in [0.2, 0.25) is 0 Å². The van der Waals surface area contributed by atoms with Crippen LogP contribution in [0.2, 0.25) is 0 Å². The van der Waals surface area contributed by atoms with Crippen LogP contribution in [0.15, 0.2) is 0 Å². The van der Waals surface area contributed by atoms with Crippen molar-refractivity contribution in [1.29, 1.82) is 0 Å². The normalized spacial score (nSPS) is 27.2. The summed E-state index contributed by atoms with van der Waals surface area (Å²) in [5, 5.41) is 0. The molecule has 3 nitrogen and oxygen atoms in total. The molecule has 1 aliphatic carbocycles. The fourth-order valence-electron chi connectivity index (χ4n) is 2.17. The third-order valence-corrected chi connectivity index (χ3v) is 5.24. The van der Waals surface area contributed by atoms with Crippen molar-refractivity contribution in [1.82, 2.24) is 0 Å². The molecule has 0 amide bonds. The van der Waals surface area contributed by atoms with E-state index in [1.807, 2.05) is 6.92 Å². The van der Waals surface area contributed by atoms with Crippen molar-refractivity contribution < 1.29 is 13.2 Å². The summed E-state index contributed by atoms with van der Waals surface area (Å²) in [7, 11) is -2.83. The van der Waals surface area contributed by atoms with Crippen LogP contribution >= 0.6 is 0 Å². The van der Waals surface area contributed by atoms with Gasteiger partial charge in [-0.25, -0.2) is 8.42 Å². The molecule has 0 radical (unpaired) electrons. The minimum Gasteiger partial charge on any atom is -0.299 e. The molecular weight excluding hydrogens is 212 g/mol. The SMILES string of the molecule is CCS(=O)(=O)CCCC1CCC(=O)C1C. The Balaban J connectivity index is 2.30. The summed E-state index contributed by atoms with van der Waals surface area (Å²) in [6.45, 7) is 3.64. The average molecular weight is 232 g/mol. The summed E-state index contributed by atoms with van der Waals surface area (Å²) in [5.74, 6) is 1.42. The van der Waals surface area contributed by atoms with Crippen molar-refractivity contribution in [3.8, 4) is 0 Å². The molecule has 1 saturated carbocycles. The van der Waals surface area contributed by atoms with Gasteiger partial charge in [0.1, 0.15) is 15.6 Å². The highest BCUT2D eigenvalue weighted by Crippen LogP contribution is 2.31. The molecule has 1 fully saturated rings. The van der Waals surface area contributed by atoms with Gasteiger partial charge in [0.15, 0.2) is 0 Å². The predicted molar refractivity (Wildman–Crippen MR) is 60.5 cm³/mol. The van der Waals surface area contributed by atoms with E-state index in [0.29, 0.717) is 24.5 Å². The summed E-state index contributed by atoms with van der Waals surface area (Å²) in [6, 6.07) is 0. The number of hydrogen-bond donors (Lipinski definition) is 0. The highest BCUT2D eigenvalue weighted by Gasteiger charge is 2.30. The summed E-state index contributed by atoms with van der Waals surface area (Å²) >= 11 is 0. The molecular formula is C11H20O3S. The number of rotatable bonds is 5. The van der Waals surface area contributed by atoms with Gasteiger partial charge in [0.25, 0.3) is 0 Å². The third kappa shape index (κ3) is 3.59. The zero-order valence-corrected chi connectivity index (χ0v) is 10.3. The molecule has 0 aromatic rings. The zero-order chi connectivity index (χ0) is 11.5. The molecule has 0 spiro atoms. The maximum Gasteiger partial charge on any atom is 0.150 e. The van der Waals surface area contributed by atoms with Gasteiger partial charge in [0.05, 0.1) is 5.75 Å². The van der Waals surface area contributed by atoms with Crippen LogP contribution < -0.4 is 0 Å². The lowest BCUT2D eigenvalue weighted by Crippen LogP contribution is -2.13. The van der Waals surface area contributed by atoms with E-state index >= 15 is 0 Å². The van der Waals surface area contributed by atoms with Crippen molar-refractivity contribution in [3.63, 3.8) is 0 Å². The highest BCUT2D eigenvalue weighted by molar-refractivity contribution is 7.91. The Morgan fingerprint density at radius 1 is 1.40 bits per heavy atom. The molecule has 4 heteroatoms. The summed E-state index contributed by atoms with van der Waals surface area (Å²) in [6.07, 6.45) is 3.23. The Hall–Kier alpha value is -0.380. The summed E-state index contributed by atoms with van der Waals surface area (Å²) in [5.41, 5.74) is 0. The third-order valence-electron chi connectivity index (χ3n) is 3.45. The lowest BCUT2D eigenvalue weighted by Gasteiger charge is -2.13. The second-order valence-electron chi connectivity index (χ2n) is 4.43. The van der Waals surface area contributed by atoms with Crippen LogP contribution in [0.5, 0.6) is 0 Å². The van der Waals surface area contributed by atoms with Crippen LogP contribution in [-0.2, 0) is 14.6 Å². The van der Waals surface area contributed by atoms with Gasteiger partial charge in [-0.1, -0.05) is 13.8 Å². The number of carbonyl (C=O) groups excluding carboxylic acids is 1. The van der Waals surface area contributed by atoms with Crippen molar-refractivity contribution in [2.75, 3.05) is 11.5 Å². The summed E-state index contributed by atoms with van der Waals surface area (Å²) in [4.78, 5) is 11.3. The Labute approximate surface area is 92.2 Å². The van der Waals surface area contributed by atoms with Gasteiger partial charge in [-0.3, -0.25) is 4.79 Å². The lowest BCUT2D eigenvalue weighted by molar-refractivity contribution is -0.120. The van der Waals surface area contributed by atoms with Crippen molar-refractivity contribution >= 4 is 15.6 Å². The van der Waals surface area contributed by atoms with Crippen molar-refractivity contribution in [3.05, 3.63) is 0 Å². The molecule has 2 atom stereocenters. The van der Waals surface area contributed by atoms with E-state index in [1.54, 1.807) is 6.92 Å². The second-order valence-corrected chi connectivity index (χ2v) is 6.91. The standard InChI is InChI=1S/C11H20O3S/c1-3-15(13,14)8-4-5-10-6-7-11(12)9(10)2/h9-10H,3-8H2,1-2H3. The smallest absolute Gasteiger partial charge is 0.150 e. The van der Waals surface area contributed by atoms with Crippen molar-refractivity contribution in [2.24, 2.45) is 11.8 Å². The maximum absolute atomic E-state index is 11.3. The van der Waals surface area contributed by atoms with Gasteiger partial charge in [0, 0.05) is 18.1 Å². The molecule has 1 aliphatic rings. The first-order chi connectivity index (χ1) is 6.96. The molecule has 0 aromatic heterocycles. The topological polar surface area (TPSA) is 51.2 Å². The molecule has 2 unspecified atom stereocenters. The minimum absolute atomic E-state index is 0.148. The number of Topliss-reactive ketones (excluding diaryl/α,β-unsaturated/α-hetero) is 1. The van der Waals surface area contributed by atoms with E-state index in [-0.39, 0.29) is 17.4 Å². The zero-order valence-electron chi connectivity index (χ0n) is 9.53. The second kappa shape index (κ2) is 5.10. The molecule has 15 heavy (non-hydrogen) atoms.